The van der Waals surface area contributed by atoms with Gasteiger partial charge in [0, 0.05) is 11.6 Å². The summed E-state index contributed by atoms with van der Waals surface area (Å²) >= 11 is 0. The quantitative estimate of drug-likeness (QED) is 0.795. The van der Waals surface area contributed by atoms with Crippen molar-refractivity contribution in [2.45, 2.75) is 39.7 Å². The van der Waals surface area contributed by atoms with Crippen molar-refractivity contribution in [2.24, 2.45) is 5.92 Å². The Morgan fingerprint density at radius 3 is 2.56 bits per heavy atom. The van der Waals surface area contributed by atoms with Crippen molar-refractivity contribution in [3.05, 3.63) is 29.6 Å². The lowest BCUT2D eigenvalue weighted by Gasteiger charge is -2.21. The van der Waals surface area contributed by atoms with Gasteiger partial charge in [-0.05, 0) is 43.5 Å². The molecule has 0 aliphatic rings. The van der Waals surface area contributed by atoms with Gasteiger partial charge in [-0.1, -0.05) is 20.8 Å². The van der Waals surface area contributed by atoms with Crippen molar-refractivity contribution in [1.29, 1.82) is 0 Å². The highest BCUT2D eigenvalue weighted by Gasteiger charge is 2.16. The lowest BCUT2D eigenvalue weighted by molar-refractivity contribution is 0.386. The molecule has 102 valence electrons. The van der Waals surface area contributed by atoms with Gasteiger partial charge in [-0.2, -0.15) is 0 Å². The fraction of sp³-hybridized carbons (Fsp3) is 0.600. The molecular weight excluding hydrogens is 229 g/mol. The molecule has 0 bridgehead atoms. The zero-order valence-corrected chi connectivity index (χ0v) is 11.8. The van der Waals surface area contributed by atoms with Gasteiger partial charge in [0.25, 0.3) is 0 Å². The maximum absolute atomic E-state index is 13.4. The highest BCUT2D eigenvalue weighted by Crippen LogP contribution is 2.29. The summed E-state index contributed by atoms with van der Waals surface area (Å²) in [6, 6.07) is 4.87. The van der Waals surface area contributed by atoms with Crippen molar-refractivity contribution in [2.75, 3.05) is 13.7 Å². The van der Waals surface area contributed by atoms with Crippen LogP contribution >= 0.6 is 0 Å². The Kier molecular flexibility index (Phi) is 6.13. The zero-order chi connectivity index (χ0) is 13.5. The van der Waals surface area contributed by atoms with Crippen LogP contribution in [0.15, 0.2) is 18.2 Å². The Bertz CT molecular complexity index is 366. The van der Waals surface area contributed by atoms with Gasteiger partial charge in [0.2, 0.25) is 0 Å². The number of hydrogen-bond acceptors (Lipinski definition) is 2. The molecule has 1 atom stereocenters. The molecule has 0 aliphatic carbocycles. The molecule has 0 saturated carbocycles. The van der Waals surface area contributed by atoms with Crippen LogP contribution in [-0.4, -0.2) is 13.7 Å². The van der Waals surface area contributed by atoms with E-state index >= 15 is 0 Å². The smallest absolute Gasteiger partial charge is 0.123 e. The molecule has 0 fully saturated rings. The maximum Gasteiger partial charge on any atom is 0.123 e. The van der Waals surface area contributed by atoms with Crippen molar-refractivity contribution in [1.82, 2.24) is 5.32 Å². The van der Waals surface area contributed by atoms with Crippen molar-refractivity contribution < 1.29 is 9.13 Å². The second-order valence-electron chi connectivity index (χ2n) is 4.97. The lowest BCUT2D eigenvalue weighted by atomic mass is 9.96. The molecular formula is C15H24FNO. The molecule has 0 aliphatic heterocycles. The summed E-state index contributed by atoms with van der Waals surface area (Å²) in [6.45, 7) is 7.33. The van der Waals surface area contributed by atoms with E-state index in [1.54, 1.807) is 19.2 Å². The molecule has 0 saturated heterocycles. The molecule has 1 aromatic carbocycles. The highest BCUT2D eigenvalue weighted by molar-refractivity contribution is 5.36. The third kappa shape index (κ3) is 4.30. The number of hydrogen-bond donors (Lipinski definition) is 1. The predicted octanol–water partition coefficient (Wildman–Crippen LogP) is 3.92. The highest BCUT2D eigenvalue weighted by atomic mass is 19.1. The van der Waals surface area contributed by atoms with Crippen LogP contribution in [0.2, 0.25) is 0 Å². The van der Waals surface area contributed by atoms with Gasteiger partial charge < -0.3 is 10.1 Å². The first kappa shape index (κ1) is 15.0. The third-order valence-electron chi connectivity index (χ3n) is 3.05. The molecule has 0 radical (unpaired) electrons. The molecule has 3 heteroatoms. The van der Waals surface area contributed by atoms with E-state index in [2.05, 4.69) is 26.1 Å². The topological polar surface area (TPSA) is 21.3 Å². The van der Waals surface area contributed by atoms with Crippen molar-refractivity contribution >= 4 is 0 Å². The molecule has 0 spiro atoms. The van der Waals surface area contributed by atoms with E-state index in [0.717, 1.165) is 30.7 Å². The third-order valence-corrected chi connectivity index (χ3v) is 3.05. The maximum atomic E-state index is 13.4. The summed E-state index contributed by atoms with van der Waals surface area (Å²) in [5.41, 5.74) is 0.917. The predicted molar refractivity (Wildman–Crippen MR) is 73.4 cm³/mol. The second kappa shape index (κ2) is 7.37. The molecule has 0 amide bonds. The average molecular weight is 253 g/mol. The van der Waals surface area contributed by atoms with E-state index in [1.807, 2.05) is 0 Å². The van der Waals surface area contributed by atoms with Crippen molar-refractivity contribution in [3.63, 3.8) is 0 Å². The number of rotatable bonds is 7. The number of ether oxygens (including phenoxy) is 1. The van der Waals surface area contributed by atoms with E-state index in [4.69, 9.17) is 4.74 Å². The van der Waals surface area contributed by atoms with Crippen molar-refractivity contribution in [3.8, 4) is 5.75 Å². The number of methoxy groups -OCH3 is 1. The summed E-state index contributed by atoms with van der Waals surface area (Å²) in [7, 11) is 1.63. The fourth-order valence-electron chi connectivity index (χ4n) is 2.09. The molecule has 1 aromatic rings. The first-order chi connectivity index (χ1) is 8.58. The average Bonchev–Trinajstić information content (AvgIpc) is 2.34. The van der Waals surface area contributed by atoms with E-state index in [-0.39, 0.29) is 11.9 Å². The largest absolute Gasteiger partial charge is 0.496 e. The van der Waals surface area contributed by atoms with E-state index < -0.39 is 0 Å². The second-order valence-corrected chi connectivity index (χ2v) is 4.97. The van der Waals surface area contributed by atoms with Crippen LogP contribution in [0.4, 0.5) is 4.39 Å². The van der Waals surface area contributed by atoms with Crippen LogP contribution < -0.4 is 10.1 Å². The van der Waals surface area contributed by atoms with Crippen LogP contribution in [-0.2, 0) is 0 Å². The van der Waals surface area contributed by atoms with Gasteiger partial charge in [0.1, 0.15) is 11.6 Å². The van der Waals surface area contributed by atoms with E-state index in [1.165, 1.54) is 6.07 Å². The van der Waals surface area contributed by atoms with E-state index in [9.17, 15) is 4.39 Å². The first-order valence-corrected chi connectivity index (χ1v) is 6.65. The Hall–Kier alpha value is -1.09. The summed E-state index contributed by atoms with van der Waals surface area (Å²) in [6.07, 6.45) is 2.10. The van der Waals surface area contributed by atoms with Crippen LogP contribution in [0.5, 0.6) is 5.75 Å². The van der Waals surface area contributed by atoms with Gasteiger partial charge in [-0.3, -0.25) is 0 Å². The summed E-state index contributed by atoms with van der Waals surface area (Å²) in [5.74, 6) is 1.19. The molecule has 0 aromatic heterocycles. The van der Waals surface area contributed by atoms with Crippen LogP contribution in [0.1, 0.15) is 45.2 Å². The Morgan fingerprint density at radius 1 is 1.28 bits per heavy atom. The SMILES string of the molecule is CCNC(CCC(C)C)c1cc(F)ccc1OC. The first-order valence-electron chi connectivity index (χ1n) is 6.65. The molecule has 1 N–H and O–H groups in total. The number of benzene rings is 1. The Labute approximate surface area is 110 Å². The van der Waals surface area contributed by atoms with Gasteiger partial charge >= 0.3 is 0 Å². The van der Waals surface area contributed by atoms with Crippen LogP contribution in [0, 0.1) is 11.7 Å². The van der Waals surface area contributed by atoms with Gasteiger partial charge in [0.15, 0.2) is 0 Å². The fourth-order valence-corrected chi connectivity index (χ4v) is 2.09. The molecule has 1 rings (SSSR count). The monoisotopic (exact) mass is 253 g/mol. The standard InChI is InChI=1S/C15H24FNO/c1-5-17-14(8-6-11(2)3)13-10-12(16)7-9-15(13)18-4/h7,9-11,14,17H,5-6,8H2,1-4H3. The zero-order valence-electron chi connectivity index (χ0n) is 11.8. The summed E-state index contributed by atoms with van der Waals surface area (Å²) < 4.78 is 18.7. The van der Waals surface area contributed by atoms with Gasteiger partial charge in [0.05, 0.1) is 7.11 Å². The minimum atomic E-state index is -0.210. The molecule has 18 heavy (non-hydrogen) atoms. The molecule has 2 nitrogen and oxygen atoms in total. The summed E-state index contributed by atoms with van der Waals surface area (Å²) in [5, 5.41) is 3.41. The Morgan fingerprint density at radius 2 is 2.00 bits per heavy atom. The molecule has 0 heterocycles. The van der Waals surface area contributed by atoms with Crippen LogP contribution in [0.3, 0.4) is 0 Å². The molecule has 1 unspecified atom stereocenters. The van der Waals surface area contributed by atoms with Gasteiger partial charge in [-0.25, -0.2) is 4.39 Å². The minimum absolute atomic E-state index is 0.156. The lowest BCUT2D eigenvalue weighted by Crippen LogP contribution is -2.22. The summed E-state index contributed by atoms with van der Waals surface area (Å²) in [4.78, 5) is 0. The number of halogens is 1. The van der Waals surface area contributed by atoms with Crippen LogP contribution in [0.25, 0.3) is 0 Å². The Balaban J connectivity index is 2.92. The van der Waals surface area contributed by atoms with E-state index in [0.29, 0.717) is 5.92 Å². The van der Waals surface area contributed by atoms with Gasteiger partial charge in [-0.15, -0.1) is 0 Å². The minimum Gasteiger partial charge on any atom is -0.496 e. The number of nitrogens with one attached hydrogen (secondary N) is 1. The normalized spacial score (nSPS) is 12.8.